The van der Waals surface area contributed by atoms with Gasteiger partial charge < -0.3 is 0 Å². The van der Waals surface area contributed by atoms with Crippen molar-refractivity contribution >= 4 is 33.3 Å². The molecule has 0 bridgehead atoms. The van der Waals surface area contributed by atoms with Gasteiger partial charge in [-0.25, -0.2) is 4.98 Å². The van der Waals surface area contributed by atoms with Crippen LogP contribution in [0.15, 0.2) is 21.4 Å². The average molecular weight is 266 g/mol. The van der Waals surface area contributed by atoms with Crippen LogP contribution in [0.4, 0.5) is 0 Å². The summed E-state index contributed by atoms with van der Waals surface area (Å²) in [6.45, 7) is 0. The summed E-state index contributed by atoms with van der Waals surface area (Å²) in [5.74, 6) is 0. The smallest absolute Gasteiger partial charge is 0.271 e. The topological polar surface area (TPSA) is 34.9 Å². The van der Waals surface area contributed by atoms with Gasteiger partial charge in [-0.1, -0.05) is 24.6 Å². The summed E-state index contributed by atoms with van der Waals surface area (Å²) >= 11 is 3.24. The van der Waals surface area contributed by atoms with E-state index in [4.69, 9.17) is 0 Å². The summed E-state index contributed by atoms with van der Waals surface area (Å²) in [4.78, 5) is 16.7. The minimum Gasteiger partial charge on any atom is -0.290 e. The quantitative estimate of drug-likeness (QED) is 0.784. The van der Waals surface area contributed by atoms with E-state index in [0.29, 0.717) is 5.25 Å². The van der Waals surface area contributed by atoms with E-state index in [0.717, 1.165) is 15.4 Å². The average Bonchev–Trinajstić information content (AvgIpc) is 2.96. The molecule has 5 heteroatoms. The maximum atomic E-state index is 12.1. The zero-order valence-electron chi connectivity index (χ0n) is 9.68. The molecular weight excluding hydrogens is 252 g/mol. The van der Waals surface area contributed by atoms with Crippen molar-refractivity contribution in [2.24, 2.45) is 7.05 Å². The minimum atomic E-state index is 0.0884. The van der Waals surface area contributed by atoms with Crippen LogP contribution in [0.25, 0.3) is 10.2 Å². The lowest BCUT2D eigenvalue weighted by molar-refractivity contribution is 0.722. The Labute approximate surface area is 108 Å². The molecule has 1 saturated carbocycles. The van der Waals surface area contributed by atoms with Gasteiger partial charge in [0.05, 0.1) is 5.52 Å². The van der Waals surface area contributed by atoms with Gasteiger partial charge in [-0.3, -0.25) is 9.36 Å². The third-order valence-electron chi connectivity index (χ3n) is 3.22. The van der Waals surface area contributed by atoms with Crippen molar-refractivity contribution in [1.82, 2.24) is 9.55 Å². The molecule has 0 atom stereocenters. The van der Waals surface area contributed by atoms with Gasteiger partial charge in [-0.15, -0.1) is 11.3 Å². The number of fused-ring (bicyclic) bond motifs is 1. The predicted molar refractivity (Wildman–Crippen MR) is 73.0 cm³/mol. The molecule has 0 aliphatic heterocycles. The molecule has 0 amide bonds. The Balaban J connectivity index is 2.03. The van der Waals surface area contributed by atoms with Crippen LogP contribution in [0.1, 0.15) is 25.7 Å². The van der Waals surface area contributed by atoms with Gasteiger partial charge in [0.15, 0.2) is 5.16 Å². The van der Waals surface area contributed by atoms with E-state index >= 15 is 0 Å². The second kappa shape index (κ2) is 4.46. The molecule has 0 unspecified atom stereocenters. The first-order valence-corrected chi connectivity index (χ1v) is 7.62. The van der Waals surface area contributed by atoms with Gasteiger partial charge >= 0.3 is 0 Å². The fourth-order valence-electron chi connectivity index (χ4n) is 2.23. The molecular formula is C12H14N2OS2. The molecule has 0 saturated heterocycles. The van der Waals surface area contributed by atoms with Gasteiger partial charge in [-0.05, 0) is 24.3 Å². The van der Waals surface area contributed by atoms with Crippen LogP contribution in [-0.2, 0) is 7.05 Å². The predicted octanol–water partition coefficient (Wildman–Crippen LogP) is 3.03. The van der Waals surface area contributed by atoms with E-state index in [1.165, 1.54) is 37.0 Å². The van der Waals surface area contributed by atoms with Gasteiger partial charge in [0.25, 0.3) is 5.56 Å². The van der Waals surface area contributed by atoms with Crippen molar-refractivity contribution in [3.8, 4) is 0 Å². The second-order valence-electron chi connectivity index (χ2n) is 4.42. The van der Waals surface area contributed by atoms with Gasteiger partial charge in [0.1, 0.15) is 4.70 Å². The highest BCUT2D eigenvalue weighted by Crippen LogP contribution is 2.33. The Bertz CT molecular complexity index is 596. The summed E-state index contributed by atoms with van der Waals surface area (Å²) in [7, 11) is 1.83. The number of rotatable bonds is 2. The molecule has 0 N–H and O–H groups in total. The first-order chi connectivity index (χ1) is 8.25. The fraction of sp³-hybridized carbons (Fsp3) is 0.500. The highest BCUT2D eigenvalue weighted by atomic mass is 32.2. The highest BCUT2D eigenvalue weighted by Gasteiger charge is 2.19. The lowest BCUT2D eigenvalue weighted by Crippen LogP contribution is -2.19. The number of aromatic nitrogens is 2. The standard InChI is InChI=1S/C12H14N2OS2/c1-14-11(15)10-9(6-7-16-10)13-12(14)17-8-4-2-3-5-8/h6-8H,2-5H2,1H3. The van der Waals surface area contributed by atoms with Crippen molar-refractivity contribution in [2.75, 3.05) is 0 Å². The van der Waals surface area contributed by atoms with E-state index in [-0.39, 0.29) is 5.56 Å². The summed E-state index contributed by atoms with van der Waals surface area (Å²) in [6, 6.07) is 1.93. The van der Waals surface area contributed by atoms with Crippen LogP contribution in [0.2, 0.25) is 0 Å². The monoisotopic (exact) mass is 266 g/mol. The summed E-state index contributed by atoms with van der Waals surface area (Å²) in [5.41, 5.74) is 0.934. The molecule has 2 aromatic rings. The Kier molecular flexibility index (Phi) is 2.96. The Morgan fingerprint density at radius 1 is 1.47 bits per heavy atom. The number of nitrogens with zero attached hydrogens (tertiary/aromatic N) is 2. The number of thioether (sulfide) groups is 1. The zero-order chi connectivity index (χ0) is 11.8. The molecule has 1 aliphatic rings. The third-order valence-corrected chi connectivity index (χ3v) is 5.49. The molecule has 90 valence electrons. The number of thiophene rings is 1. The molecule has 3 nitrogen and oxygen atoms in total. The van der Waals surface area contributed by atoms with Crippen molar-refractivity contribution in [3.63, 3.8) is 0 Å². The third kappa shape index (κ3) is 2.02. The summed E-state index contributed by atoms with van der Waals surface area (Å²) in [5, 5.41) is 3.44. The van der Waals surface area contributed by atoms with E-state index in [1.54, 1.807) is 16.3 Å². The molecule has 0 spiro atoms. The van der Waals surface area contributed by atoms with Crippen molar-refractivity contribution in [3.05, 3.63) is 21.8 Å². The highest BCUT2D eigenvalue weighted by molar-refractivity contribution is 7.99. The van der Waals surface area contributed by atoms with Gasteiger partial charge in [0.2, 0.25) is 0 Å². The molecule has 1 aliphatic carbocycles. The SMILES string of the molecule is Cn1c(SC2CCCC2)nc2ccsc2c1=O. The molecule has 1 fully saturated rings. The van der Waals surface area contributed by atoms with E-state index in [9.17, 15) is 4.79 Å². The van der Waals surface area contributed by atoms with Gasteiger partial charge in [-0.2, -0.15) is 0 Å². The van der Waals surface area contributed by atoms with Crippen LogP contribution in [0, 0.1) is 0 Å². The van der Waals surface area contributed by atoms with Crippen molar-refractivity contribution in [1.29, 1.82) is 0 Å². The Morgan fingerprint density at radius 3 is 3.00 bits per heavy atom. The fourth-order valence-corrected chi connectivity index (χ4v) is 4.29. The number of hydrogen-bond donors (Lipinski definition) is 0. The Morgan fingerprint density at radius 2 is 2.24 bits per heavy atom. The van der Waals surface area contributed by atoms with Crippen LogP contribution in [0.3, 0.4) is 0 Å². The largest absolute Gasteiger partial charge is 0.290 e. The second-order valence-corrected chi connectivity index (χ2v) is 6.60. The molecule has 0 radical (unpaired) electrons. The maximum absolute atomic E-state index is 12.1. The molecule has 0 aromatic carbocycles. The maximum Gasteiger partial charge on any atom is 0.271 e. The number of hydrogen-bond acceptors (Lipinski definition) is 4. The lowest BCUT2D eigenvalue weighted by Gasteiger charge is -2.11. The minimum absolute atomic E-state index is 0.0884. The van der Waals surface area contributed by atoms with E-state index in [2.05, 4.69) is 4.98 Å². The van der Waals surface area contributed by atoms with Gasteiger partial charge in [0, 0.05) is 12.3 Å². The first-order valence-electron chi connectivity index (χ1n) is 5.86. The summed E-state index contributed by atoms with van der Waals surface area (Å²) in [6.07, 6.45) is 5.13. The molecule has 3 rings (SSSR count). The van der Waals surface area contributed by atoms with Crippen LogP contribution in [0.5, 0.6) is 0 Å². The Hall–Kier alpha value is -0.810. The molecule has 2 heterocycles. The lowest BCUT2D eigenvalue weighted by atomic mass is 10.4. The van der Waals surface area contributed by atoms with E-state index < -0.39 is 0 Å². The van der Waals surface area contributed by atoms with Crippen LogP contribution >= 0.6 is 23.1 Å². The van der Waals surface area contributed by atoms with Crippen LogP contribution in [-0.4, -0.2) is 14.8 Å². The van der Waals surface area contributed by atoms with Crippen molar-refractivity contribution < 1.29 is 0 Å². The summed E-state index contributed by atoms with van der Waals surface area (Å²) < 4.78 is 2.46. The first kappa shape index (κ1) is 11.3. The molecule has 17 heavy (non-hydrogen) atoms. The molecule has 2 aromatic heterocycles. The normalized spacial score (nSPS) is 17.0. The van der Waals surface area contributed by atoms with Crippen molar-refractivity contribution in [2.45, 2.75) is 36.1 Å². The zero-order valence-corrected chi connectivity index (χ0v) is 11.3. The van der Waals surface area contributed by atoms with Crippen LogP contribution < -0.4 is 5.56 Å². The van der Waals surface area contributed by atoms with E-state index in [1.807, 2.05) is 18.5 Å².